The monoisotopic (exact) mass is 274 g/mol. The maximum Gasteiger partial charge on any atom is 0.313 e. The molecule has 1 heterocycles. The maximum absolute atomic E-state index is 10.5. The largest absolute Gasteiger partial charge is 0.481 e. The minimum absolute atomic E-state index is 0.0653. The molecule has 96 valence electrons. The fourth-order valence-corrected chi connectivity index (χ4v) is 2.18. The number of carbonyl (C=O) groups is 1. The Hall–Kier alpha value is -2.33. The third kappa shape index (κ3) is 2.92. The second-order valence-corrected chi connectivity index (χ2v) is 4.68. The summed E-state index contributed by atoms with van der Waals surface area (Å²) < 4.78 is 1.71. The van der Waals surface area contributed by atoms with Crippen molar-refractivity contribution in [3.63, 3.8) is 0 Å². The number of nitriles is 1. The van der Waals surface area contributed by atoms with E-state index in [9.17, 15) is 4.79 Å². The average molecular weight is 274 g/mol. The van der Waals surface area contributed by atoms with Gasteiger partial charge in [0.05, 0.1) is 17.4 Å². The number of hydrogen-bond acceptors (Lipinski definition) is 5. The van der Waals surface area contributed by atoms with Crippen molar-refractivity contribution < 1.29 is 9.90 Å². The van der Waals surface area contributed by atoms with Crippen LogP contribution < -0.4 is 0 Å². The molecular formula is C12H10N4O2S. The zero-order valence-electron chi connectivity index (χ0n) is 10.1. The van der Waals surface area contributed by atoms with E-state index in [4.69, 9.17) is 10.4 Å². The van der Waals surface area contributed by atoms with Crippen LogP contribution in [0.1, 0.15) is 5.56 Å². The van der Waals surface area contributed by atoms with Gasteiger partial charge in [-0.2, -0.15) is 5.26 Å². The van der Waals surface area contributed by atoms with Crippen molar-refractivity contribution in [1.82, 2.24) is 14.8 Å². The zero-order chi connectivity index (χ0) is 13.8. The molecule has 1 N–H and O–H groups in total. The van der Waals surface area contributed by atoms with E-state index >= 15 is 0 Å². The molecule has 0 unspecified atom stereocenters. The quantitative estimate of drug-likeness (QED) is 0.850. The van der Waals surface area contributed by atoms with Crippen molar-refractivity contribution in [2.75, 3.05) is 5.75 Å². The van der Waals surface area contributed by atoms with E-state index < -0.39 is 5.97 Å². The average Bonchev–Trinajstić information content (AvgIpc) is 2.78. The summed E-state index contributed by atoms with van der Waals surface area (Å²) in [6.07, 6.45) is 0. The van der Waals surface area contributed by atoms with Crippen molar-refractivity contribution in [1.29, 1.82) is 5.26 Å². The molecular weight excluding hydrogens is 264 g/mol. The maximum atomic E-state index is 10.5. The summed E-state index contributed by atoms with van der Waals surface area (Å²) in [5.41, 5.74) is 1.32. The molecule has 0 radical (unpaired) electrons. The zero-order valence-corrected chi connectivity index (χ0v) is 10.9. The lowest BCUT2D eigenvalue weighted by Gasteiger charge is -2.03. The summed E-state index contributed by atoms with van der Waals surface area (Å²) >= 11 is 1.11. The molecule has 0 aliphatic heterocycles. The molecule has 1 aromatic carbocycles. The van der Waals surface area contributed by atoms with Crippen LogP contribution in [0.3, 0.4) is 0 Å². The Labute approximate surface area is 113 Å². The van der Waals surface area contributed by atoms with E-state index in [2.05, 4.69) is 16.3 Å². The van der Waals surface area contributed by atoms with Gasteiger partial charge in [0.15, 0.2) is 11.0 Å². The van der Waals surface area contributed by atoms with Gasteiger partial charge in [-0.3, -0.25) is 4.79 Å². The van der Waals surface area contributed by atoms with Crippen LogP contribution >= 0.6 is 11.8 Å². The molecule has 0 fully saturated rings. The van der Waals surface area contributed by atoms with Gasteiger partial charge in [0.2, 0.25) is 0 Å². The molecule has 0 spiro atoms. The molecule has 0 saturated carbocycles. The second-order valence-electron chi connectivity index (χ2n) is 3.74. The van der Waals surface area contributed by atoms with E-state index in [0.29, 0.717) is 16.5 Å². The standard InChI is InChI=1S/C12H10N4O2S/c1-16-11(9-4-2-3-8(5-9)6-13)14-15-12(16)19-7-10(17)18/h2-5H,7H2,1H3,(H,17,18). The summed E-state index contributed by atoms with van der Waals surface area (Å²) in [6.45, 7) is 0. The van der Waals surface area contributed by atoms with Crippen molar-refractivity contribution in [3.8, 4) is 17.5 Å². The highest BCUT2D eigenvalue weighted by molar-refractivity contribution is 7.99. The van der Waals surface area contributed by atoms with Gasteiger partial charge in [0.25, 0.3) is 0 Å². The Morgan fingerprint density at radius 1 is 1.53 bits per heavy atom. The normalized spacial score (nSPS) is 10.1. The third-order valence-electron chi connectivity index (χ3n) is 2.41. The second kappa shape index (κ2) is 5.54. The minimum Gasteiger partial charge on any atom is -0.481 e. The van der Waals surface area contributed by atoms with Crippen LogP contribution in [0.5, 0.6) is 0 Å². The van der Waals surface area contributed by atoms with Crippen molar-refractivity contribution in [2.45, 2.75) is 5.16 Å². The topological polar surface area (TPSA) is 91.8 Å². The van der Waals surface area contributed by atoms with Crippen molar-refractivity contribution in [2.24, 2.45) is 7.05 Å². The number of thioether (sulfide) groups is 1. The van der Waals surface area contributed by atoms with Gasteiger partial charge in [0, 0.05) is 12.6 Å². The molecule has 2 rings (SSSR count). The summed E-state index contributed by atoms with van der Waals surface area (Å²) in [4.78, 5) is 10.5. The molecule has 0 aliphatic carbocycles. The number of carboxylic acids is 1. The molecule has 0 amide bonds. The fraction of sp³-hybridized carbons (Fsp3) is 0.167. The number of rotatable bonds is 4. The van der Waals surface area contributed by atoms with Gasteiger partial charge in [0.1, 0.15) is 0 Å². The lowest BCUT2D eigenvalue weighted by Crippen LogP contribution is -2.01. The molecule has 0 atom stereocenters. The van der Waals surface area contributed by atoms with Crippen molar-refractivity contribution in [3.05, 3.63) is 29.8 Å². The first-order valence-electron chi connectivity index (χ1n) is 5.36. The van der Waals surface area contributed by atoms with E-state index in [1.807, 2.05) is 6.07 Å². The Bertz CT molecular complexity index is 660. The molecule has 19 heavy (non-hydrogen) atoms. The van der Waals surface area contributed by atoms with Gasteiger partial charge in [-0.1, -0.05) is 23.9 Å². The third-order valence-corrected chi connectivity index (χ3v) is 3.41. The first kappa shape index (κ1) is 13.1. The summed E-state index contributed by atoms with van der Waals surface area (Å²) in [5.74, 6) is -0.365. The van der Waals surface area contributed by atoms with Crippen LogP contribution in [0.4, 0.5) is 0 Å². The molecule has 7 heteroatoms. The van der Waals surface area contributed by atoms with Crippen LogP contribution in [-0.4, -0.2) is 31.6 Å². The van der Waals surface area contributed by atoms with Gasteiger partial charge < -0.3 is 9.67 Å². The fourth-order valence-electron chi connectivity index (χ4n) is 1.55. The summed E-state index contributed by atoms with van der Waals surface area (Å²) in [7, 11) is 1.76. The number of aromatic nitrogens is 3. The highest BCUT2D eigenvalue weighted by Crippen LogP contribution is 2.23. The molecule has 1 aromatic heterocycles. The molecule has 0 saturated heterocycles. The SMILES string of the molecule is Cn1c(SCC(=O)O)nnc1-c1cccc(C#N)c1. The van der Waals surface area contributed by atoms with E-state index in [0.717, 1.165) is 17.3 Å². The van der Waals surface area contributed by atoms with E-state index in [1.165, 1.54) is 0 Å². The molecule has 0 aliphatic rings. The van der Waals surface area contributed by atoms with Crippen LogP contribution in [0, 0.1) is 11.3 Å². The molecule has 0 bridgehead atoms. The Kier molecular flexibility index (Phi) is 3.82. The van der Waals surface area contributed by atoms with E-state index in [1.54, 1.807) is 29.8 Å². The first-order chi connectivity index (χ1) is 9.11. The number of aliphatic carboxylic acids is 1. The van der Waals surface area contributed by atoms with Gasteiger partial charge in [-0.15, -0.1) is 10.2 Å². The van der Waals surface area contributed by atoms with Crippen LogP contribution in [0.2, 0.25) is 0 Å². The van der Waals surface area contributed by atoms with Gasteiger partial charge in [-0.25, -0.2) is 0 Å². The molecule has 6 nitrogen and oxygen atoms in total. The highest BCUT2D eigenvalue weighted by Gasteiger charge is 2.12. The Balaban J connectivity index is 2.31. The Morgan fingerprint density at radius 2 is 2.32 bits per heavy atom. The number of hydrogen-bond donors (Lipinski definition) is 1. The minimum atomic E-state index is -0.902. The number of benzene rings is 1. The first-order valence-corrected chi connectivity index (χ1v) is 6.35. The lowest BCUT2D eigenvalue weighted by molar-refractivity contribution is -0.133. The molecule has 2 aromatic rings. The summed E-state index contributed by atoms with van der Waals surface area (Å²) in [6, 6.07) is 9.09. The predicted molar refractivity (Wildman–Crippen MR) is 69.5 cm³/mol. The highest BCUT2D eigenvalue weighted by atomic mass is 32.2. The lowest BCUT2D eigenvalue weighted by atomic mass is 10.1. The van der Waals surface area contributed by atoms with Crippen LogP contribution in [0.25, 0.3) is 11.4 Å². The number of nitrogens with zero attached hydrogens (tertiary/aromatic N) is 4. The Morgan fingerprint density at radius 3 is 3.00 bits per heavy atom. The summed E-state index contributed by atoms with van der Waals surface area (Å²) in [5, 5.41) is 26.0. The van der Waals surface area contributed by atoms with E-state index in [-0.39, 0.29) is 5.75 Å². The van der Waals surface area contributed by atoms with Gasteiger partial charge in [-0.05, 0) is 12.1 Å². The van der Waals surface area contributed by atoms with Gasteiger partial charge >= 0.3 is 5.97 Å². The smallest absolute Gasteiger partial charge is 0.313 e. The number of carboxylic acid groups (broad SMARTS) is 1. The van der Waals surface area contributed by atoms with Crippen LogP contribution in [-0.2, 0) is 11.8 Å². The predicted octanol–water partition coefficient (Wildman–Crippen LogP) is 1.53. The van der Waals surface area contributed by atoms with Crippen LogP contribution in [0.15, 0.2) is 29.4 Å². The van der Waals surface area contributed by atoms with Crippen molar-refractivity contribution >= 4 is 17.7 Å².